The van der Waals surface area contributed by atoms with E-state index in [0.717, 1.165) is 21.2 Å². The summed E-state index contributed by atoms with van der Waals surface area (Å²) in [5.74, 6) is -1.52. The van der Waals surface area contributed by atoms with Crippen LogP contribution in [-0.4, -0.2) is 16.8 Å². The molecule has 1 fully saturated rings. The highest BCUT2D eigenvalue weighted by atomic mass is 79.9. The fourth-order valence-electron chi connectivity index (χ4n) is 3.69. The third-order valence-electron chi connectivity index (χ3n) is 5.45. The molecule has 4 rings (SSSR count). The molecule has 3 aromatic rings. The van der Waals surface area contributed by atoms with Gasteiger partial charge in [0.15, 0.2) is 0 Å². The standard InChI is InChI=1S/C25H20BrNO3/c1-15-8-13-20(14-16(15)2)27-22(17-6-4-3-5-7-17)21(24(29)25(27)30)23(28)18-9-11-19(26)12-10-18/h3-14,22,28H,1-2H3/b23-21+. The van der Waals surface area contributed by atoms with Crippen molar-refractivity contribution in [2.75, 3.05) is 4.90 Å². The molecule has 30 heavy (non-hydrogen) atoms. The first kappa shape index (κ1) is 20.1. The zero-order chi connectivity index (χ0) is 21.4. The van der Waals surface area contributed by atoms with Gasteiger partial charge in [-0.25, -0.2) is 0 Å². The fourth-order valence-corrected chi connectivity index (χ4v) is 3.95. The number of benzene rings is 3. The van der Waals surface area contributed by atoms with Crippen LogP contribution in [0.3, 0.4) is 0 Å². The Hall–Kier alpha value is -3.18. The Morgan fingerprint density at radius 1 is 0.900 bits per heavy atom. The van der Waals surface area contributed by atoms with Gasteiger partial charge < -0.3 is 5.11 Å². The molecule has 1 aliphatic rings. The molecule has 1 aliphatic heterocycles. The van der Waals surface area contributed by atoms with Crippen molar-refractivity contribution >= 4 is 39.1 Å². The normalized spacial score (nSPS) is 18.1. The van der Waals surface area contributed by atoms with E-state index in [1.54, 1.807) is 24.3 Å². The number of carbonyl (C=O) groups is 2. The minimum atomic E-state index is -0.711. The van der Waals surface area contributed by atoms with Crippen LogP contribution in [0.1, 0.15) is 28.3 Å². The molecule has 150 valence electrons. The average molecular weight is 462 g/mol. The van der Waals surface area contributed by atoms with Crippen molar-refractivity contribution in [2.24, 2.45) is 0 Å². The van der Waals surface area contributed by atoms with Crippen LogP contribution < -0.4 is 4.90 Å². The van der Waals surface area contributed by atoms with Gasteiger partial charge in [-0.1, -0.05) is 64.5 Å². The summed E-state index contributed by atoms with van der Waals surface area (Å²) in [6.45, 7) is 3.96. The van der Waals surface area contributed by atoms with Crippen LogP contribution in [0.5, 0.6) is 0 Å². The number of aliphatic hydroxyl groups excluding tert-OH is 1. The largest absolute Gasteiger partial charge is 0.507 e. The second kappa shape index (κ2) is 7.92. The molecule has 0 bridgehead atoms. The number of aliphatic hydroxyl groups is 1. The van der Waals surface area contributed by atoms with Crippen LogP contribution >= 0.6 is 15.9 Å². The van der Waals surface area contributed by atoms with Gasteiger partial charge >= 0.3 is 0 Å². The lowest BCUT2D eigenvalue weighted by atomic mass is 9.95. The summed E-state index contributed by atoms with van der Waals surface area (Å²) in [4.78, 5) is 27.7. The van der Waals surface area contributed by atoms with Crippen LogP contribution in [0.4, 0.5) is 5.69 Å². The number of anilines is 1. The Kier molecular flexibility index (Phi) is 5.31. The second-order valence-electron chi connectivity index (χ2n) is 7.36. The summed E-state index contributed by atoms with van der Waals surface area (Å²) in [7, 11) is 0. The molecule has 1 amide bonds. The number of hydrogen-bond acceptors (Lipinski definition) is 3. The summed E-state index contributed by atoms with van der Waals surface area (Å²) in [6, 6.07) is 21.3. The summed E-state index contributed by atoms with van der Waals surface area (Å²) < 4.78 is 0.856. The topological polar surface area (TPSA) is 57.6 Å². The van der Waals surface area contributed by atoms with Gasteiger partial charge in [-0.05, 0) is 54.8 Å². The van der Waals surface area contributed by atoms with Gasteiger partial charge in [-0.15, -0.1) is 0 Å². The molecule has 1 heterocycles. The number of hydrogen-bond donors (Lipinski definition) is 1. The molecule has 0 spiro atoms. The van der Waals surface area contributed by atoms with E-state index in [1.807, 2.05) is 62.4 Å². The molecular weight excluding hydrogens is 442 g/mol. The molecular formula is C25H20BrNO3. The molecule has 0 aromatic heterocycles. The van der Waals surface area contributed by atoms with Crippen LogP contribution in [0.15, 0.2) is 82.8 Å². The number of amides is 1. The average Bonchev–Trinajstić information content (AvgIpc) is 3.01. The summed E-state index contributed by atoms with van der Waals surface area (Å²) in [6.07, 6.45) is 0. The van der Waals surface area contributed by atoms with Gasteiger partial charge in [0.05, 0.1) is 11.6 Å². The van der Waals surface area contributed by atoms with Gasteiger partial charge in [0.2, 0.25) is 0 Å². The Morgan fingerprint density at radius 3 is 2.20 bits per heavy atom. The van der Waals surface area contributed by atoms with Crippen molar-refractivity contribution in [1.82, 2.24) is 0 Å². The number of halogens is 1. The quantitative estimate of drug-likeness (QED) is 0.309. The molecule has 0 radical (unpaired) electrons. The summed E-state index contributed by atoms with van der Waals surface area (Å²) >= 11 is 3.37. The first-order valence-corrected chi connectivity index (χ1v) is 10.4. The SMILES string of the molecule is Cc1ccc(N2C(=O)C(=O)/C(=C(/O)c3ccc(Br)cc3)C2c2ccccc2)cc1C. The van der Waals surface area contributed by atoms with Crippen molar-refractivity contribution in [3.8, 4) is 0 Å². The third-order valence-corrected chi connectivity index (χ3v) is 5.97. The molecule has 1 saturated heterocycles. The number of aryl methyl sites for hydroxylation is 2. The molecule has 3 aromatic carbocycles. The number of nitrogens with zero attached hydrogens (tertiary/aromatic N) is 1. The van der Waals surface area contributed by atoms with E-state index in [1.165, 1.54) is 4.90 Å². The van der Waals surface area contributed by atoms with Gasteiger partial charge in [-0.2, -0.15) is 0 Å². The zero-order valence-electron chi connectivity index (χ0n) is 16.6. The Bertz CT molecular complexity index is 1170. The Balaban J connectivity index is 1.94. The maximum absolute atomic E-state index is 13.1. The first-order chi connectivity index (χ1) is 14.4. The number of carbonyl (C=O) groups excluding carboxylic acids is 2. The molecule has 4 nitrogen and oxygen atoms in total. The highest BCUT2D eigenvalue weighted by molar-refractivity contribution is 9.10. The molecule has 1 N–H and O–H groups in total. The van der Waals surface area contributed by atoms with Crippen molar-refractivity contribution in [3.63, 3.8) is 0 Å². The van der Waals surface area contributed by atoms with Crippen LogP contribution in [-0.2, 0) is 9.59 Å². The van der Waals surface area contributed by atoms with E-state index in [9.17, 15) is 14.7 Å². The van der Waals surface area contributed by atoms with E-state index in [2.05, 4.69) is 15.9 Å². The lowest BCUT2D eigenvalue weighted by Gasteiger charge is -2.26. The van der Waals surface area contributed by atoms with Crippen LogP contribution in [0, 0.1) is 13.8 Å². The Morgan fingerprint density at radius 2 is 1.57 bits per heavy atom. The van der Waals surface area contributed by atoms with Crippen molar-refractivity contribution in [3.05, 3.63) is 105 Å². The van der Waals surface area contributed by atoms with E-state index >= 15 is 0 Å². The summed E-state index contributed by atoms with van der Waals surface area (Å²) in [5.41, 5.74) is 4.08. The predicted molar refractivity (Wildman–Crippen MR) is 121 cm³/mol. The molecule has 0 aliphatic carbocycles. The van der Waals surface area contributed by atoms with Gasteiger partial charge in [0.25, 0.3) is 11.7 Å². The van der Waals surface area contributed by atoms with Crippen LogP contribution in [0.25, 0.3) is 5.76 Å². The number of ketones is 1. The minimum absolute atomic E-state index is 0.0896. The minimum Gasteiger partial charge on any atom is -0.507 e. The smallest absolute Gasteiger partial charge is 0.300 e. The van der Waals surface area contributed by atoms with Crippen molar-refractivity contribution < 1.29 is 14.7 Å². The number of Topliss-reactive ketones (excluding diaryl/α,β-unsaturated/α-hetero) is 1. The zero-order valence-corrected chi connectivity index (χ0v) is 18.2. The van der Waals surface area contributed by atoms with Crippen LogP contribution in [0.2, 0.25) is 0 Å². The van der Waals surface area contributed by atoms with E-state index in [0.29, 0.717) is 11.3 Å². The molecule has 5 heteroatoms. The van der Waals surface area contributed by atoms with Gasteiger partial charge in [-0.3, -0.25) is 14.5 Å². The predicted octanol–water partition coefficient (Wildman–Crippen LogP) is 5.69. The molecule has 0 saturated carbocycles. The maximum Gasteiger partial charge on any atom is 0.300 e. The molecule has 1 atom stereocenters. The number of rotatable bonds is 3. The second-order valence-corrected chi connectivity index (χ2v) is 8.27. The van der Waals surface area contributed by atoms with E-state index in [4.69, 9.17) is 0 Å². The highest BCUT2D eigenvalue weighted by Gasteiger charge is 2.46. The fraction of sp³-hybridized carbons (Fsp3) is 0.120. The lowest BCUT2D eigenvalue weighted by molar-refractivity contribution is -0.132. The summed E-state index contributed by atoms with van der Waals surface area (Å²) in [5, 5.41) is 11.1. The first-order valence-electron chi connectivity index (χ1n) is 9.57. The third kappa shape index (κ3) is 3.46. The monoisotopic (exact) mass is 461 g/mol. The van der Waals surface area contributed by atoms with E-state index < -0.39 is 17.7 Å². The van der Waals surface area contributed by atoms with Crippen molar-refractivity contribution in [1.29, 1.82) is 0 Å². The highest BCUT2D eigenvalue weighted by Crippen LogP contribution is 2.42. The van der Waals surface area contributed by atoms with Gasteiger partial charge in [0, 0.05) is 15.7 Å². The Labute approximate surface area is 183 Å². The lowest BCUT2D eigenvalue weighted by Crippen LogP contribution is -2.29. The maximum atomic E-state index is 13.1. The van der Waals surface area contributed by atoms with E-state index in [-0.39, 0.29) is 11.3 Å². The van der Waals surface area contributed by atoms with Crippen molar-refractivity contribution in [2.45, 2.75) is 19.9 Å². The van der Waals surface area contributed by atoms with Gasteiger partial charge in [0.1, 0.15) is 5.76 Å². The molecule has 1 unspecified atom stereocenters.